The van der Waals surface area contributed by atoms with E-state index in [2.05, 4.69) is 6.92 Å². The Bertz CT molecular complexity index is 285. The van der Waals surface area contributed by atoms with Crippen LogP contribution in [-0.4, -0.2) is 17.4 Å². The fourth-order valence-electron chi connectivity index (χ4n) is 1.61. The number of hydrogen-bond donors (Lipinski definition) is 2. The van der Waals surface area contributed by atoms with Gasteiger partial charge in [-0.05, 0) is 30.5 Å². The first-order chi connectivity index (χ1) is 7.72. The zero-order valence-electron chi connectivity index (χ0n) is 9.72. The predicted molar refractivity (Wildman–Crippen MR) is 65.1 cm³/mol. The van der Waals surface area contributed by atoms with Crippen LogP contribution in [0.4, 0.5) is 0 Å². The second kappa shape index (κ2) is 7.31. The number of aryl methyl sites for hydroxylation is 1. The first-order valence-corrected chi connectivity index (χ1v) is 5.84. The van der Waals surface area contributed by atoms with Crippen LogP contribution in [-0.2, 0) is 6.42 Å². The largest absolute Gasteiger partial charge is 0.707 e. The molecule has 88 valence electrons. The minimum absolute atomic E-state index is 0.479. The molecule has 0 aromatic heterocycles. The molecule has 16 heavy (non-hydrogen) atoms. The monoisotopic (exact) mass is 222 g/mol. The van der Waals surface area contributed by atoms with Gasteiger partial charge in [-0.2, -0.15) is 0 Å². The fraction of sp³-hybridized carbons (Fsp3) is 0.500. The Hall–Kier alpha value is -0.995. The molecule has 0 atom stereocenters. The molecule has 0 aliphatic heterocycles. The number of unbranched alkanes of at least 4 members (excludes halogenated alkanes) is 3. The molecule has 0 heterocycles. The summed E-state index contributed by atoms with van der Waals surface area (Å²) in [4.78, 5) is 0. The van der Waals surface area contributed by atoms with Crippen molar-refractivity contribution in [1.29, 1.82) is 0 Å². The molecule has 0 unspecified atom stereocenters. The molecule has 0 saturated heterocycles. The van der Waals surface area contributed by atoms with Crippen LogP contribution < -0.4 is 4.65 Å². The third kappa shape index (κ3) is 5.19. The molecule has 1 rings (SSSR count). The molecule has 0 radical (unpaired) electrons. The first-order valence-electron chi connectivity index (χ1n) is 5.84. The summed E-state index contributed by atoms with van der Waals surface area (Å²) < 4.78 is 4.72. The van der Waals surface area contributed by atoms with Crippen molar-refractivity contribution in [3.05, 3.63) is 29.8 Å². The summed E-state index contributed by atoms with van der Waals surface area (Å²) in [5.41, 5.74) is 1.26. The second-order valence-corrected chi connectivity index (χ2v) is 3.90. The topological polar surface area (TPSA) is 49.7 Å². The first kappa shape index (κ1) is 13.1. The van der Waals surface area contributed by atoms with Crippen LogP contribution in [0.3, 0.4) is 0 Å². The van der Waals surface area contributed by atoms with Crippen molar-refractivity contribution in [1.82, 2.24) is 0 Å². The number of rotatable bonds is 7. The van der Waals surface area contributed by atoms with Crippen LogP contribution in [0.1, 0.15) is 38.2 Å². The summed E-state index contributed by atoms with van der Waals surface area (Å²) >= 11 is 0. The lowest BCUT2D eigenvalue weighted by Gasteiger charge is -2.05. The Morgan fingerprint density at radius 2 is 1.75 bits per heavy atom. The van der Waals surface area contributed by atoms with E-state index in [0.29, 0.717) is 5.75 Å². The minimum atomic E-state index is -1.74. The van der Waals surface area contributed by atoms with E-state index in [1.54, 1.807) is 12.1 Å². The normalized spacial score (nSPS) is 10.2. The van der Waals surface area contributed by atoms with Crippen LogP contribution in [0.2, 0.25) is 0 Å². The second-order valence-electron chi connectivity index (χ2n) is 3.90. The van der Waals surface area contributed by atoms with Crippen molar-refractivity contribution in [3.8, 4) is 5.75 Å². The molecule has 1 aromatic carbocycles. The Morgan fingerprint density at radius 3 is 2.31 bits per heavy atom. The summed E-state index contributed by atoms with van der Waals surface area (Å²) in [6, 6.07) is 7.44. The molecule has 0 fully saturated rings. The standard InChI is InChI=1S/C12H19BO3/c1-2-3-4-5-6-11-7-9-12(10-8-11)16-13(14)15/h7-10,14-15H,2-6H2,1H3. The van der Waals surface area contributed by atoms with Gasteiger partial charge in [0.2, 0.25) is 0 Å². The van der Waals surface area contributed by atoms with Gasteiger partial charge in [0.1, 0.15) is 5.75 Å². The van der Waals surface area contributed by atoms with Gasteiger partial charge in [-0.3, -0.25) is 0 Å². The van der Waals surface area contributed by atoms with Crippen LogP contribution >= 0.6 is 0 Å². The van der Waals surface area contributed by atoms with Crippen LogP contribution in [0, 0.1) is 0 Å². The molecule has 0 spiro atoms. The Morgan fingerprint density at radius 1 is 1.06 bits per heavy atom. The zero-order valence-corrected chi connectivity index (χ0v) is 9.72. The van der Waals surface area contributed by atoms with E-state index in [4.69, 9.17) is 14.7 Å². The molecule has 0 saturated carbocycles. The molecule has 3 nitrogen and oxygen atoms in total. The maximum absolute atomic E-state index is 8.61. The average Bonchev–Trinajstić information content (AvgIpc) is 2.26. The van der Waals surface area contributed by atoms with E-state index in [-0.39, 0.29) is 0 Å². The minimum Gasteiger partial charge on any atom is -0.512 e. The van der Waals surface area contributed by atoms with Gasteiger partial charge in [0.05, 0.1) is 0 Å². The van der Waals surface area contributed by atoms with Crippen molar-refractivity contribution in [3.63, 3.8) is 0 Å². The molecule has 2 N–H and O–H groups in total. The summed E-state index contributed by atoms with van der Waals surface area (Å²) in [5, 5.41) is 17.2. The van der Waals surface area contributed by atoms with Crippen LogP contribution in [0.5, 0.6) is 5.75 Å². The lowest BCUT2D eigenvalue weighted by Crippen LogP contribution is -2.20. The Balaban J connectivity index is 2.33. The van der Waals surface area contributed by atoms with E-state index >= 15 is 0 Å². The van der Waals surface area contributed by atoms with Gasteiger partial charge < -0.3 is 14.7 Å². The van der Waals surface area contributed by atoms with Crippen LogP contribution in [0.15, 0.2) is 24.3 Å². The summed E-state index contributed by atoms with van der Waals surface area (Å²) in [5.74, 6) is 0.479. The summed E-state index contributed by atoms with van der Waals surface area (Å²) in [7, 11) is -1.74. The number of benzene rings is 1. The van der Waals surface area contributed by atoms with Gasteiger partial charge in [-0.1, -0.05) is 38.3 Å². The Labute approximate surface area is 97.3 Å². The van der Waals surface area contributed by atoms with E-state index < -0.39 is 7.32 Å². The smallest absolute Gasteiger partial charge is 0.512 e. The van der Waals surface area contributed by atoms with Gasteiger partial charge in [-0.15, -0.1) is 0 Å². The highest BCUT2D eigenvalue weighted by atomic mass is 16.6. The molecular weight excluding hydrogens is 203 g/mol. The average molecular weight is 222 g/mol. The lowest BCUT2D eigenvalue weighted by molar-refractivity contribution is 0.288. The van der Waals surface area contributed by atoms with Crippen molar-refractivity contribution >= 4 is 7.32 Å². The van der Waals surface area contributed by atoms with Crippen molar-refractivity contribution in [2.75, 3.05) is 0 Å². The van der Waals surface area contributed by atoms with Gasteiger partial charge >= 0.3 is 7.32 Å². The molecule has 4 heteroatoms. The maximum Gasteiger partial charge on any atom is 0.707 e. The molecule has 0 amide bonds. The molecule has 0 aliphatic rings. The van der Waals surface area contributed by atoms with E-state index in [1.165, 1.54) is 31.2 Å². The highest BCUT2D eigenvalue weighted by Gasteiger charge is 2.10. The summed E-state index contributed by atoms with van der Waals surface area (Å²) in [6.45, 7) is 2.20. The van der Waals surface area contributed by atoms with Crippen molar-refractivity contribution in [2.24, 2.45) is 0 Å². The van der Waals surface area contributed by atoms with Gasteiger partial charge in [0.15, 0.2) is 0 Å². The zero-order chi connectivity index (χ0) is 11.8. The quantitative estimate of drug-likeness (QED) is 0.549. The van der Waals surface area contributed by atoms with Crippen molar-refractivity contribution < 1.29 is 14.7 Å². The molecular formula is C12H19BO3. The number of hydrogen-bond acceptors (Lipinski definition) is 3. The third-order valence-electron chi connectivity index (χ3n) is 2.48. The molecule has 1 aromatic rings. The lowest BCUT2D eigenvalue weighted by atomic mass is 10.1. The molecule has 0 aliphatic carbocycles. The van der Waals surface area contributed by atoms with Crippen LogP contribution in [0.25, 0.3) is 0 Å². The van der Waals surface area contributed by atoms with E-state index in [9.17, 15) is 0 Å². The highest BCUT2D eigenvalue weighted by Crippen LogP contribution is 2.14. The molecule has 0 bridgehead atoms. The van der Waals surface area contributed by atoms with E-state index in [0.717, 1.165) is 6.42 Å². The van der Waals surface area contributed by atoms with Gasteiger partial charge in [-0.25, -0.2) is 0 Å². The predicted octanol–water partition coefficient (Wildman–Crippen LogP) is 2.16. The highest BCUT2D eigenvalue weighted by molar-refractivity contribution is 6.33. The van der Waals surface area contributed by atoms with E-state index in [1.807, 2.05) is 12.1 Å². The Kier molecular flexibility index (Phi) is 5.97. The maximum atomic E-state index is 8.61. The fourth-order valence-corrected chi connectivity index (χ4v) is 1.61. The summed E-state index contributed by atoms with van der Waals surface area (Å²) in [6.07, 6.45) is 6.09. The SMILES string of the molecule is CCCCCCc1ccc(OB(O)O)cc1. The van der Waals surface area contributed by atoms with Gasteiger partial charge in [0, 0.05) is 0 Å². The van der Waals surface area contributed by atoms with Gasteiger partial charge in [0.25, 0.3) is 0 Å². The van der Waals surface area contributed by atoms with Crippen molar-refractivity contribution in [2.45, 2.75) is 39.0 Å². The third-order valence-corrected chi connectivity index (χ3v) is 2.48.